The molecule has 1 aliphatic rings. The van der Waals surface area contributed by atoms with E-state index >= 15 is 0 Å². The molecule has 256 valence electrons. The van der Waals surface area contributed by atoms with Crippen LogP contribution in [0.25, 0.3) is 0 Å². The fourth-order valence-electron chi connectivity index (χ4n) is 4.51. The van der Waals surface area contributed by atoms with Crippen molar-refractivity contribution in [3.63, 3.8) is 0 Å². The van der Waals surface area contributed by atoms with Gasteiger partial charge in [-0.2, -0.15) is 8.78 Å². The monoisotopic (exact) mass is 678 g/mol. The molecule has 1 fully saturated rings. The van der Waals surface area contributed by atoms with Crippen molar-refractivity contribution >= 4 is 35.1 Å². The van der Waals surface area contributed by atoms with Crippen molar-refractivity contribution in [3.05, 3.63) is 53.6 Å². The summed E-state index contributed by atoms with van der Waals surface area (Å²) in [5.41, 5.74) is -0.513. The molecule has 2 aromatic carbocycles. The fraction of sp³-hybridized carbons (Fsp3) is 0.414. The highest BCUT2D eigenvalue weighted by Crippen LogP contribution is 2.30. The number of rotatable bonds is 13. The quantitative estimate of drug-likeness (QED) is 0.144. The molecule has 18 heteroatoms. The van der Waals surface area contributed by atoms with Crippen LogP contribution < -0.4 is 30.7 Å². The number of carbonyl (C=O) groups excluding carboxylic acids is 5. The van der Waals surface area contributed by atoms with Crippen molar-refractivity contribution in [2.75, 3.05) is 18.5 Å². The normalized spacial score (nSPS) is 15.8. The van der Waals surface area contributed by atoms with Crippen molar-refractivity contribution in [3.8, 4) is 11.5 Å². The van der Waals surface area contributed by atoms with Crippen molar-refractivity contribution < 1.29 is 64.2 Å². The minimum absolute atomic E-state index is 0.0699. The summed E-state index contributed by atoms with van der Waals surface area (Å²) in [6.45, 7) is 2.31. The smallest absolute Gasteiger partial charge is 0.479 e. The molecule has 3 rings (SSSR count). The van der Waals surface area contributed by atoms with Gasteiger partial charge in [-0.1, -0.05) is 26.0 Å². The Kier molecular flexibility index (Phi) is 12.1. The number of hydrogen-bond acceptors (Lipinski definition) is 7. The lowest BCUT2D eigenvalue weighted by molar-refractivity contribution is -0.274. The standard InChI is InChI=1S/C29H29F7N4O7/c1-13(2)9-19(40-28(45)27(44)38-17-5-3-4-6-21(17)47-29(34,35)36)26(43)39-18(10-14-7-8-37-25(14)42)20(41)12-46-24-22(32)15(30)11-16(31)23(24)33/h3-6,11,13-14,18-19H,7-10,12H2,1-2H3,(H,37,42)(H,38,44)(H,39,43)(H,40,45)/t14-,18?,19?/m0/s1. The van der Waals surface area contributed by atoms with E-state index in [-0.39, 0.29) is 37.8 Å². The average molecular weight is 679 g/mol. The Morgan fingerprint density at radius 2 is 1.60 bits per heavy atom. The summed E-state index contributed by atoms with van der Waals surface area (Å²) in [7, 11) is 0. The molecule has 3 atom stereocenters. The van der Waals surface area contributed by atoms with E-state index in [2.05, 4.69) is 20.7 Å². The minimum Gasteiger partial charge on any atom is -0.479 e. The molecule has 0 bridgehead atoms. The Bertz CT molecular complexity index is 1490. The van der Waals surface area contributed by atoms with Crippen molar-refractivity contribution in [2.24, 2.45) is 11.8 Å². The molecule has 11 nitrogen and oxygen atoms in total. The van der Waals surface area contributed by atoms with Crippen LogP contribution in [0.4, 0.5) is 36.4 Å². The van der Waals surface area contributed by atoms with Crippen LogP contribution in [-0.2, 0) is 24.0 Å². The number of carbonyl (C=O) groups is 5. The molecule has 47 heavy (non-hydrogen) atoms. The molecule has 0 spiro atoms. The van der Waals surface area contributed by atoms with Crippen LogP contribution in [0.3, 0.4) is 0 Å². The average Bonchev–Trinajstić information content (AvgIpc) is 3.39. The number of anilines is 1. The molecule has 0 radical (unpaired) electrons. The van der Waals surface area contributed by atoms with E-state index in [1.165, 1.54) is 12.1 Å². The lowest BCUT2D eigenvalue weighted by Gasteiger charge is -2.25. The summed E-state index contributed by atoms with van der Waals surface area (Å²) in [4.78, 5) is 63.9. The highest BCUT2D eigenvalue weighted by molar-refractivity contribution is 6.40. The zero-order valence-electron chi connectivity index (χ0n) is 24.7. The van der Waals surface area contributed by atoms with Crippen molar-refractivity contribution in [1.82, 2.24) is 16.0 Å². The van der Waals surface area contributed by atoms with Gasteiger partial charge >= 0.3 is 18.2 Å². The first-order valence-corrected chi connectivity index (χ1v) is 14.0. The number of halogens is 7. The van der Waals surface area contributed by atoms with Crippen molar-refractivity contribution in [1.29, 1.82) is 0 Å². The minimum atomic E-state index is -5.11. The summed E-state index contributed by atoms with van der Waals surface area (Å²) >= 11 is 0. The van der Waals surface area contributed by atoms with E-state index < -0.39 is 101 Å². The predicted molar refractivity (Wildman–Crippen MR) is 148 cm³/mol. The molecule has 0 aromatic heterocycles. The Hall–Kier alpha value is -4.90. The molecule has 4 N–H and O–H groups in total. The van der Waals surface area contributed by atoms with Gasteiger partial charge in [0, 0.05) is 18.5 Å². The molecule has 1 aliphatic heterocycles. The Balaban J connectivity index is 1.77. The van der Waals surface area contributed by atoms with Gasteiger partial charge in [-0.05, 0) is 37.3 Å². The highest BCUT2D eigenvalue weighted by atomic mass is 19.4. The zero-order chi connectivity index (χ0) is 35.1. The van der Waals surface area contributed by atoms with Crippen LogP contribution >= 0.6 is 0 Å². The third-order valence-corrected chi connectivity index (χ3v) is 6.71. The lowest BCUT2D eigenvalue weighted by atomic mass is 9.95. The van der Waals surface area contributed by atoms with Gasteiger partial charge in [-0.15, -0.1) is 13.2 Å². The van der Waals surface area contributed by atoms with Crippen LogP contribution in [0.5, 0.6) is 11.5 Å². The molecule has 0 saturated carbocycles. The van der Waals surface area contributed by atoms with Gasteiger partial charge in [-0.3, -0.25) is 24.0 Å². The van der Waals surface area contributed by atoms with E-state index in [1.807, 2.05) is 5.32 Å². The molecule has 1 heterocycles. The molecule has 2 unspecified atom stereocenters. The lowest BCUT2D eigenvalue weighted by Crippen LogP contribution is -2.54. The number of para-hydroxylation sites is 2. The van der Waals surface area contributed by atoms with Gasteiger partial charge < -0.3 is 30.7 Å². The van der Waals surface area contributed by atoms with Crippen LogP contribution in [0, 0.1) is 35.1 Å². The maximum absolute atomic E-state index is 14.1. The summed E-state index contributed by atoms with van der Waals surface area (Å²) in [5.74, 6) is -16.4. The van der Waals surface area contributed by atoms with Crippen LogP contribution in [-0.4, -0.2) is 61.0 Å². The molecular weight excluding hydrogens is 649 g/mol. The van der Waals surface area contributed by atoms with Gasteiger partial charge in [0.1, 0.15) is 12.6 Å². The fourth-order valence-corrected chi connectivity index (χ4v) is 4.51. The van der Waals surface area contributed by atoms with Crippen LogP contribution in [0.1, 0.15) is 33.1 Å². The largest absolute Gasteiger partial charge is 0.573 e. The van der Waals surface area contributed by atoms with Crippen LogP contribution in [0.2, 0.25) is 0 Å². The van der Waals surface area contributed by atoms with E-state index in [0.717, 1.165) is 12.1 Å². The summed E-state index contributed by atoms with van der Waals surface area (Å²) < 4.78 is 102. The molecule has 1 saturated heterocycles. The summed E-state index contributed by atoms with van der Waals surface area (Å²) in [6.07, 6.45) is -5.35. The number of Topliss-reactive ketones (excluding diaryl/α,β-unsaturated/α-hetero) is 1. The molecule has 2 aromatic rings. The van der Waals surface area contributed by atoms with Crippen LogP contribution in [0.15, 0.2) is 30.3 Å². The second-order valence-corrected chi connectivity index (χ2v) is 10.8. The first-order chi connectivity index (χ1) is 22.0. The van der Waals surface area contributed by atoms with Gasteiger partial charge in [0.15, 0.2) is 28.9 Å². The second kappa shape index (κ2) is 15.6. The number of ketones is 1. The van der Waals surface area contributed by atoms with Gasteiger partial charge in [0.25, 0.3) is 0 Å². The second-order valence-electron chi connectivity index (χ2n) is 10.8. The van der Waals surface area contributed by atoms with Gasteiger partial charge in [0.2, 0.25) is 23.4 Å². The number of ether oxygens (including phenoxy) is 2. The number of hydrogen-bond donors (Lipinski definition) is 4. The number of benzene rings is 2. The number of nitrogens with one attached hydrogen (secondary N) is 4. The molecule has 4 amide bonds. The van der Waals surface area contributed by atoms with Gasteiger partial charge in [-0.25, -0.2) is 8.78 Å². The maximum Gasteiger partial charge on any atom is 0.573 e. The number of alkyl halides is 3. The Morgan fingerprint density at radius 1 is 0.957 bits per heavy atom. The third-order valence-electron chi connectivity index (χ3n) is 6.71. The first kappa shape index (κ1) is 36.6. The van der Waals surface area contributed by atoms with E-state index in [0.29, 0.717) is 0 Å². The van der Waals surface area contributed by atoms with Crippen molar-refractivity contribution in [2.45, 2.75) is 51.6 Å². The maximum atomic E-state index is 14.1. The molecule has 0 aliphatic carbocycles. The summed E-state index contributed by atoms with van der Waals surface area (Å²) in [6, 6.07) is 1.17. The Morgan fingerprint density at radius 3 is 2.17 bits per heavy atom. The third kappa shape index (κ3) is 10.3. The van der Waals surface area contributed by atoms with E-state index in [1.54, 1.807) is 13.8 Å². The zero-order valence-corrected chi connectivity index (χ0v) is 24.7. The van der Waals surface area contributed by atoms with E-state index in [9.17, 15) is 54.7 Å². The number of amides is 4. The summed E-state index contributed by atoms with van der Waals surface area (Å²) in [5, 5.41) is 8.93. The Labute approximate surface area is 262 Å². The van der Waals surface area contributed by atoms with E-state index in [4.69, 9.17) is 4.74 Å². The SMILES string of the molecule is CC(C)CC(NC(=O)C(=O)Nc1ccccc1OC(F)(F)F)C(=O)NC(C[C@@H]1CCNC1=O)C(=O)COc1c(F)c(F)cc(F)c1F. The predicted octanol–water partition coefficient (Wildman–Crippen LogP) is 3.27. The van der Waals surface area contributed by atoms with Gasteiger partial charge in [0.05, 0.1) is 11.7 Å². The molecular formula is C29H29F7N4O7. The first-order valence-electron chi connectivity index (χ1n) is 14.0. The topological polar surface area (TPSA) is 152 Å². The highest BCUT2D eigenvalue weighted by Gasteiger charge is 2.35.